The summed E-state index contributed by atoms with van der Waals surface area (Å²) in [6.45, 7) is 3.97. The molecule has 2 heteroatoms. The molecule has 2 aliphatic carbocycles. The summed E-state index contributed by atoms with van der Waals surface area (Å²) in [5.41, 5.74) is -0.225. The lowest BCUT2D eigenvalue weighted by molar-refractivity contribution is -0.126. The third-order valence-electron chi connectivity index (χ3n) is 3.60. The second kappa shape index (κ2) is 2.18. The SMILES string of the molecule is CC1(C)C(=O)CC2CC(=O)CC21. The summed E-state index contributed by atoms with van der Waals surface area (Å²) in [6, 6.07) is 0. The summed E-state index contributed by atoms with van der Waals surface area (Å²) in [6.07, 6.45) is 1.94. The van der Waals surface area contributed by atoms with Crippen molar-refractivity contribution in [3.05, 3.63) is 0 Å². The lowest BCUT2D eigenvalue weighted by Crippen LogP contribution is -2.25. The van der Waals surface area contributed by atoms with E-state index < -0.39 is 0 Å². The monoisotopic (exact) mass is 166 g/mol. The molecule has 0 amide bonds. The Morgan fingerprint density at radius 1 is 1.17 bits per heavy atom. The predicted molar refractivity (Wildman–Crippen MR) is 44.6 cm³/mol. The molecule has 12 heavy (non-hydrogen) atoms. The van der Waals surface area contributed by atoms with E-state index in [1.807, 2.05) is 13.8 Å². The summed E-state index contributed by atoms with van der Waals surface area (Å²) in [4.78, 5) is 22.6. The predicted octanol–water partition coefficient (Wildman–Crippen LogP) is 1.58. The van der Waals surface area contributed by atoms with Crippen molar-refractivity contribution in [2.75, 3.05) is 0 Å². The second-order valence-corrected chi connectivity index (χ2v) is 4.66. The zero-order valence-corrected chi connectivity index (χ0v) is 7.59. The topological polar surface area (TPSA) is 34.1 Å². The van der Waals surface area contributed by atoms with Crippen molar-refractivity contribution in [3.63, 3.8) is 0 Å². The highest BCUT2D eigenvalue weighted by molar-refractivity contribution is 5.92. The van der Waals surface area contributed by atoms with Gasteiger partial charge in [-0.1, -0.05) is 13.8 Å². The molecule has 66 valence electrons. The average Bonchev–Trinajstić information content (AvgIpc) is 2.38. The fourth-order valence-corrected chi connectivity index (χ4v) is 2.70. The van der Waals surface area contributed by atoms with Crippen molar-refractivity contribution in [1.29, 1.82) is 0 Å². The number of hydrogen-bond acceptors (Lipinski definition) is 2. The van der Waals surface area contributed by atoms with Gasteiger partial charge < -0.3 is 0 Å². The first-order chi connectivity index (χ1) is 5.51. The Bertz CT molecular complexity index is 253. The van der Waals surface area contributed by atoms with Crippen molar-refractivity contribution >= 4 is 11.6 Å². The molecule has 2 rings (SSSR count). The second-order valence-electron chi connectivity index (χ2n) is 4.66. The van der Waals surface area contributed by atoms with Crippen LogP contribution in [0.5, 0.6) is 0 Å². The van der Waals surface area contributed by atoms with E-state index >= 15 is 0 Å². The molecule has 0 saturated heterocycles. The van der Waals surface area contributed by atoms with E-state index in [0.29, 0.717) is 42.7 Å². The van der Waals surface area contributed by atoms with Crippen LogP contribution in [0, 0.1) is 17.3 Å². The Hall–Kier alpha value is -0.660. The average molecular weight is 166 g/mol. The van der Waals surface area contributed by atoms with Gasteiger partial charge in [0.2, 0.25) is 0 Å². The van der Waals surface area contributed by atoms with Crippen LogP contribution in [-0.4, -0.2) is 11.6 Å². The molecule has 2 fully saturated rings. The summed E-state index contributed by atoms with van der Waals surface area (Å²) in [5, 5.41) is 0. The van der Waals surface area contributed by atoms with Gasteiger partial charge in [0.1, 0.15) is 11.6 Å². The van der Waals surface area contributed by atoms with Crippen LogP contribution < -0.4 is 0 Å². The number of fused-ring (bicyclic) bond motifs is 1. The normalized spacial score (nSPS) is 38.8. The first-order valence-electron chi connectivity index (χ1n) is 4.57. The Morgan fingerprint density at radius 3 is 2.42 bits per heavy atom. The Morgan fingerprint density at radius 2 is 1.83 bits per heavy atom. The molecular formula is C10H14O2. The fourth-order valence-electron chi connectivity index (χ4n) is 2.70. The molecule has 0 heterocycles. The van der Waals surface area contributed by atoms with Crippen LogP contribution in [0.15, 0.2) is 0 Å². The van der Waals surface area contributed by atoms with Crippen LogP contribution >= 0.6 is 0 Å². The molecule has 2 nitrogen and oxygen atoms in total. The zero-order chi connectivity index (χ0) is 8.93. The van der Waals surface area contributed by atoms with Crippen molar-refractivity contribution in [2.45, 2.75) is 33.1 Å². The highest BCUT2D eigenvalue weighted by Gasteiger charge is 2.52. The Kier molecular flexibility index (Phi) is 1.45. The van der Waals surface area contributed by atoms with Gasteiger partial charge >= 0.3 is 0 Å². The van der Waals surface area contributed by atoms with E-state index in [0.717, 1.165) is 0 Å². The van der Waals surface area contributed by atoms with Gasteiger partial charge in [-0.25, -0.2) is 0 Å². The van der Waals surface area contributed by atoms with E-state index in [2.05, 4.69) is 0 Å². The van der Waals surface area contributed by atoms with Gasteiger partial charge in [0, 0.05) is 24.7 Å². The number of ketones is 2. The number of carbonyl (C=O) groups is 2. The highest BCUT2D eigenvalue weighted by Crippen LogP contribution is 2.50. The van der Waals surface area contributed by atoms with Gasteiger partial charge in [-0.3, -0.25) is 9.59 Å². The third-order valence-corrected chi connectivity index (χ3v) is 3.60. The van der Waals surface area contributed by atoms with E-state index in [1.54, 1.807) is 0 Å². The van der Waals surface area contributed by atoms with Crippen LogP contribution in [0.2, 0.25) is 0 Å². The van der Waals surface area contributed by atoms with E-state index in [4.69, 9.17) is 0 Å². The Balaban J connectivity index is 2.29. The van der Waals surface area contributed by atoms with Gasteiger partial charge in [0.25, 0.3) is 0 Å². The molecule has 0 N–H and O–H groups in total. The molecule has 2 unspecified atom stereocenters. The minimum Gasteiger partial charge on any atom is -0.300 e. The maximum absolute atomic E-state index is 11.5. The van der Waals surface area contributed by atoms with Crippen LogP contribution in [0.25, 0.3) is 0 Å². The van der Waals surface area contributed by atoms with Gasteiger partial charge in [0.05, 0.1) is 0 Å². The molecule has 2 saturated carbocycles. The quantitative estimate of drug-likeness (QED) is 0.547. The summed E-state index contributed by atoms with van der Waals surface area (Å²) in [5.74, 6) is 1.42. The fraction of sp³-hybridized carbons (Fsp3) is 0.800. The summed E-state index contributed by atoms with van der Waals surface area (Å²) >= 11 is 0. The first-order valence-corrected chi connectivity index (χ1v) is 4.57. The lowest BCUT2D eigenvalue weighted by atomic mass is 9.79. The molecule has 0 aliphatic heterocycles. The van der Waals surface area contributed by atoms with E-state index in [9.17, 15) is 9.59 Å². The number of carbonyl (C=O) groups excluding carboxylic acids is 2. The molecular weight excluding hydrogens is 152 g/mol. The van der Waals surface area contributed by atoms with Gasteiger partial charge in [0.15, 0.2) is 0 Å². The van der Waals surface area contributed by atoms with E-state index in [-0.39, 0.29) is 5.41 Å². The maximum Gasteiger partial charge on any atom is 0.139 e. The maximum atomic E-state index is 11.5. The highest BCUT2D eigenvalue weighted by atomic mass is 16.1. The van der Waals surface area contributed by atoms with Gasteiger partial charge in [-0.15, -0.1) is 0 Å². The minimum absolute atomic E-state index is 0.225. The van der Waals surface area contributed by atoms with Crippen molar-refractivity contribution < 1.29 is 9.59 Å². The van der Waals surface area contributed by atoms with Crippen LogP contribution in [0.3, 0.4) is 0 Å². The first kappa shape index (κ1) is 7.96. The van der Waals surface area contributed by atoms with Gasteiger partial charge in [-0.2, -0.15) is 0 Å². The van der Waals surface area contributed by atoms with Crippen LogP contribution in [-0.2, 0) is 9.59 Å². The zero-order valence-electron chi connectivity index (χ0n) is 7.59. The summed E-state index contributed by atoms with van der Waals surface area (Å²) in [7, 11) is 0. The molecule has 0 aromatic rings. The summed E-state index contributed by atoms with van der Waals surface area (Å²) < 4.78 is 0. The molecule has 0 radical (unpaired) electrons. The van der Waals surface area contributed by atoms with Gasteiger partial charge in [-0.05, 0) is 11.8 Å². The molecule has 0 aromatic heterocycles. The Labute approximate surface area is 72.3 Å². The number of Topliss-reactive ketones (excluding diaryl/α,β-unsaturated/α-hetero) is 2. The largest absolute Gasteiger partial charge is 0.300 e. The molecule has 0 aromatic carbocycles. The lowest BCUT2D eigenvalue weighted by Gasteiger charge is -2.23. The molecule has 0 bridgehead atoms. The van der Waals surface area contributed by atoms with Crippen molar-refractivity contribution in [1.82, 2.24) is 0 Å². The smallest absolute Gasteiger partial charge is 0.139 e. The number of hydrogen-bond donors (Lipinski definition) is 0. The van der Waals surface area contributed by atoms with Crippen LogP contribution in [0.4, 0.5) is 0 Å². The standard InChI is InChI=1S/C10H14O2/c1-10(2)8-5-7(11)3-6(8)4-9(10)12/h6,8H,3-5H2,1-2H3. The van der Waals surface area contributed by atoms with Crippen LogP contribution in [0.1, 0.15) is 33.1 Å². The van der Waals surface area contributed by atoms with E-state index in [1.165, 1.54) is 0 Å². The molecule has 2 aliphatic rings. The van der Waals surface area contributed by atoms with Crippen molar-refractivity contribution in [2.24, 2.45) is 17.3 Å². The molecule has 2 atom stereocenters. The minimum atomic E-state index is -0.225. The molecule has 0 spiro atoms. The number of rotatable bonds is 0. The third kappa shape index (κ3) is 0.869. The van der Waals surface area contributed by atoms with Crippen molar-refractivity contribution in [3.8, 4) is 0 Å².